The molecule has 0 spiro atoms. The Morgan fingerprint density at radius 2 is 2.03 bits per heavy atom. The largest absolute Gasteiger partial charge is 0.439 e. The predicted molar refractivity (Wildman–Crippen MR) is 120 cm³/mol. The fraction of sp³-hybridized carbons (Fsp3) is 0.400. The Hall–Kier alpha value is -2.50. The number of fused-ring (bicyclic) bond motifs is 1. The lowest BCUT2D eigenvalue weighted by atomic mass is 9.93. The highest BCUT2D eigenvalue weighted by Gasteiger charge is 2.15. The molecule has 1 aromatic heterocycles. The molecular weight excluding hydrogens is 377 g/mol. The summed E-state index contributed by atoms with van der Waals surface area (Å²) in [5.74, 6) is 0.561. The fourth-order valence-corrected chi connectivity index (χ4v) is 4.03. The molecule has 1 N–H and O–H groups in total. The number of piperazine rings is 1. The van der Waals surface area contributed by atoms with Crippen molar-refractivity contribution in [1.82, 2.24) is 15.2 Å². The number of hydrogen-bond donors (Lipinski definition) is 1. The molecule has 0 saturated carbocycles. The van der Waals surface area contributed by atoms with Crippen molar-refractivity contribution in [3.05, 3.63) is 70.9 Å². The first-order valence-electron chi connectivity index (χ1n) is 10.9. The van der Waals surface area contributed by atoms with Crippen LogP contribution in [0.25, 0.3) is 16.7 Å². The quantitative estimate of drug-likeness (QED) is 0.540. The van der Waals surface area contributed by atoms with E-state index in [-0.39, 0.29) is 5.82 Å². The van der Waals surface area contributed by atoms with Gasteiger partial charge in [0.1, 0.15) is 11.3 Å². The van der Waals surface area contributed by atoms with E-state index in [0.717, 1.165) is 91.2 Å². The predicted octanol–water partition coefficient (Wildman–Crippen LogP) is 5.30. The molecule has 0 amide bonds. The van der Waals surface area contributed by atoms with Crippen LogP contribution in [0, 0.1) is 12.7 Å². The van der Waals surface area contributed by atoms with Crippen LogP contribution in [0.2, 0.25) is 0 Å². The molecule has 5 heteroatoms. The van der Waals surface area contributed by atoms with Gasteiger partial charge < -0.3 is 9.73 Å². The standard InChI is InChI=1S/C25H30FN3O/c1-3-4-5-6-22(21-9-8-20(26)15-18(21)2)19-7-10-23-24(16-19)30-25(28-23)17-29-13-11-27-12-14-29/h6-10,15-16,27H,3-5,11-14,17H2,1-2H3. The van der Waals surface area contributed by atoms with Crippen molar-refractivity contribution in [2.24, 2.45) is 0 Å². The van der Waals surface area contributed by atoms with Gasteiger partial charge in [0.25, 0.3) is 0 Å². The molecule has 0 aliphatic carbocycles. The highest BCUT2D eigenvalue weighted by Crippen LogP contribution is 2.30. The number of oxazole rings is 1. The van der Waals surface area contributed by atoms with Crippen LogP contribution in [0.15, 0.2) is 46.9 Å². The van der Waals surface area contributed by atoms with Crippen molar-refractivity contribution in [2.75, 3.05) is 26.2 Å². The second-order valence-electron chi connectivity index (χ2n) is 8.04. The summed E-state index contributed by atoms with van der Waals surface area (Å²) in [5, 5.41) is 3.37. The van der Waals surface area contributed by atoms with Gasteiger partial charge in [0, 0.05) is 26.2 Å². The van der Waals surface area contributed by atoms with Gasteiger partial charge in [-0.2, -0.15) is 0 Å². The van der Waals surface area contributed by atoms with E-state index in [1.54, 1.807) is 6.07 Å². The van der Waals surface area contributed by atoms with Crippen molar-refractivity contribution < 1.29 is 8.81 Å². The minimum atomic E-state index is -0.201. The molecule has 30 heavy (non-hydrogen) atoms. The first kappa shape index (κ1) is 20.8. The number of aryl methyl sites for hydroxylation is 1. The van der Waals surface area contributed by atoms with E-state index in [0.29, 0.717) is 0 Å². The number of rotatable bonds is 7. The van der Waals surface area contributed by atoms with Crippen LogP contribution in [0.4, 0.5) is 4.39 Å². The number of nitrogens with zero attached hydrogens (tertiary/aromatic N) is 2. The van der Waals surface area contributed by atoms with Crippen LogP contribution >= 0.6 is 0 Å². The molecule has 2 heterocycles. The summed E-state index contributed by atoms with van der Waals surface area (Å²) in [5.41, 5.74) is 5.90. The second-order valence-corrected chi connectivity index (χ2v) is 8.04. The van der Waals surface area contributed by atoms with Gasteiger partial charge in [-0.3, -0.25) is 4.90 Å². The number of hydrogen-bond acceptors (Lipinski definition) is 4. The molecule has 0 radical (unpaired) electrons. The van der Waals surface area contributed by atoms with Crippen LogP contribution in [0.5, 0.6) is 0 Å². The number of nitrogens with one attached hydrogen (secondary N) is 1. The second kappa shape index (κ2) is 9.54. The minimum absolute atomic E-state index is 0.201. The van der Waals surface area contributed by atoms with Gasteiger partial charge in [-0.1, -0.05) is 38.0 Å². The van der Waals surface area contributed by atoms with Crippen LogP contribution in [0.1, 0.15) is 48.8 Å². The smallest absolute Gasteiger partial charge is 0.209 e. The average molecular weight is 408 g/mol. The van der Waals surface area contributed by atoms with Crippen molar-refractivity contribution in [3.8, 4) is 0 Å². The minimum Gasteiger partial charge on any atom is -0.439 e. The fourth-order valence-electron chi connectivity index (χ4n) is 4.03. The Morgan fingerprint density at radius 3 is 2.80 bits per heavy atom. The first-order chi connectivity index (χ1) is 14.6. The van der Waals surface area contributed by atoms with Crippen LogP contribution in [-0.4, -0.2) is 36.1 Å². The summed E-state index contributed by atoms with van der Waals surface area (Å²) in [6, 6.07) is 11.2. The molecule has 4 nitrogen and oxygen atoms in total. The van der Waals surface area contributed by atoms with Crippen molar-refractivity contribution in [2.45, 2.75) is 39.7 Å². The number of allylic oxidation sites excluding steroid dienone is 1. The lowest BCUT2D eigenvalue weighted by Crippen LogP contribution is -2.42. The third-order valence-corrected chi connectivity index (χ3v) is 5.70. The summed E-state index contributed by atoms with van der Waals surface area (Å²) in [7, 11) is 0. The Kier molecular flexibility index (Phi) is 6.60. The topological polar surface area (TPSA) is 41.3 Å². The van der Waals surface area contributed by atoms with Crippen molar-refractivity contribution in [3.63, 3.8) is 0 Å². The molecule has 0 unspecified atom stereocenters. The molecule has 3 aromatic rings. The van der Waals surface area contributed by atoms with E-state index in [4.69, 9.17) is 4.42 Å². The van der Waals surface area contributed by atoms with Gasteiger partial charge in [-0.15, -0.1) is 0 Å². The maximum absolute atomic E-state index is 13.7. The van der Waals surface area contributed by atoms with E-state index in [9.17, 15) is 4.39 Å². The summed E-state index contributed by atoms with van der Waals surface area (Å²) in [4.78, 5) is 7.05. The molecular formula is C25H30FN3O. The normalized spacial score (nSPS) is 15.8. The Labute approximate surface area is 177 Å². The Balaban J connectivity index is 1.65. The van der Waals surface area contributed by atoms with Gasteiger partial charge in [0.15, 0.2) is 5.58 Å². The molecule has 2 aromatic carbocycles. The van der Waals surface area contributed by atoms with E-state index < -0.39 is 0 Å². The third kappa shape index (κ3) is 4.79. The first-order valence-corrected chi connectivity index (χ1v) is 10.9. The molecule has 158 valence electrons. The zero-order chi connectivity index (χ0) is 20.9. The molecule has 0 atom stereocenters. The molecule has 4 rings (SSSR count). The van der Waals surface area contributed by atoms with Crippen LogP contribution in [-0.2, 0) is 6.54 Å². The summed E-state index contributed by atoms with van der Waals surface area (Å²) in [6.45, 7) is 8.93. The summed E-state index contributed by atoms with van der Waals surface area (Å²) < 4.78 is 19.8. The zero-order valence-electron chi connectivity index (χ0n) is 17.9. The van der Waals surface area contributed by atoms with Gasteiger partial charge in [-0.25, -0.2) is 9.37 Å². The summed E-state index contributed by atoms with van der Waals surface area (Å²) >= 11 is 0. The third-order valence-electron chi connectivity index (χ3n) is 5.70. The van der Waals surface area contributed by atoms with Crippen molar-refractivity contribution in [1.29, 1.82) is 0 Å². The highest BCUT2D eigenvalue weighted by molar-refractivity contribution is 5.86. The maximum Gasteiger partial charge on any atom is 0.209 e. The van der Waals surface area contributed by atoms with E-state index in [2.05, 4.69) is 40.3 Å². The van der Waals surface area contributed by atoms with E-state index in [1.165, 1.54) is 6.07 Å². The van der Waals surface area contributed by atoms with Crippen LogP contribution < -0.4 is 5.32 Å². The lowest BCUT2D eigenvalue weighted by molar-refractivity contribution is 0.214. The van der Waals surface area contributed by atoms with Gasteiger partial charge >= 0.3 is 0 Å². The molecule has 0 bridgehead atoms. The maximum atomic E-state index is 13.7. The Morgan fingerprint density at radius 1 is 1.20 bits per heavy atom. The van der Waals surface area contributed by atoms with Gasteiger partial charge in [-0.05, 0) is 59.9 Å². The van der Waals surface area contributed by atoms with Crippen LogP contribution in [0.3, 0.4) is 0 Å². The number of aromatic nitrogens is 1. The Bertz CT molecular complexity index is 1030. The number of unbranched alkanes of at least 4 members (excludes halogenated alkanes) is 2. The SMILES string of the molecule is CCCCC=C(c1ccc2nc(CN3CCNCC3)oc2c1)c1ccc(F)cc1C. The molecule has 1 aliphatic heterocycles. The molecule has 1 fully saturated rings. The highest BCUT2D eigenvalue weighted by atomic mass is 19.1. The van der Waals surface area contributed by atoms with E-state index in [1.807, 2.05) is 19.1 Å². The number of benzene rings is 2. The number of halogens is 1. The lowest BCUT2D eigenvalue weighted by Gasteiger charge is -2.25. The monoisotopic (exact) mass is 407 g/mol. The van der Waals surface area contributed by atoms with Gasteiger partial charge in [0.2, 0.25) is 5.89 Å². The molecule has 1 aliphatic rings. The summed E-state index contributed by atoms with van der Waals surface area (Å²) in [6.07, 6.45) is 5.53. The van der Waals surface area contributed by atoms with Crippen molar-refractivity contribution >= 4 is 16.7 Å². The average Bonchev–Trinajstić information content (AvgIpc) is 3.14. The molecule has 1 saturated heterocycles. The van der Waals surface area contributed by atoms with E-state index >= 15 is 0 Å². The zero-order valence-corrected chi connectivity index (χ0v) is 17.9. The van der Waals surface area contributed by atoms with Gasteiger partial charge in [0.05, 0.1) is 6.54 Å².